The van der Waals surface area contributed by atoms with Gasteiger partial charge in [0.1, 0.15) is 18.4 Å². The lowest BCUT2D eigenvalue weighted by Crippen LogP contribution is -2.33. The van der Waals surface area contributed by atoms with Crippen LogP contribution in [0.5, 0.6) is 5.75 Å². The Kier molecular flexibility index (Phi) is 11.7. The zero-order valence-electron chi connectivity index (χ0n) is 16.0. The minimum absolute atomic E-state index is 0. The number of likely N-dealkylation sites (N-methyl/N-ethyl adjacent to an activating group) is 1. The number of halogens is 2. The molecule has 0 bridgehead atoms. The number of carbonyl (C=O) groups is 1. The van der Waals surface area contributed by atoms with Crippen LogP contribution in [0.15, 0.2) is 48.5 Å². The molecule has 0 aliphatic rings. The molecule has 2 rings (SSSR count). The van der Waals surface area contributed by atoms with Gasteiger partial charge in [0.25, 0.3) is 0 Å². The van der Waals surface area contributed by atoms with E-state index in [2.05, 4.69) is 10.2 Å². The summed E-state index contributed by atoms with van der Waals surface area (Å²) in [6.45, 7) is 3.90. The maximum Gasteiger partial charge on any atom is 0.241 e. The summed E-state index contributed by atoms with van der Waals surface area (Å²) in [5.41, 5.74) is 8.96. The summed E-state index contributed by atoms with van der Waals surface area (Å²) in [5.74, 6) is 0.610. The highest BCUT2D eigenvalue weighted by molar-refractivity contribution is 5.85. The van der Waals surface area contributed by atoms with Gasteiger partial charge in [-0.3, -0.25) is 4.79 Å². The first kappa shape index (κ1) is 25.2. The number of aryl methyl sites for hydroxylation is 1. The molecule has 0 radical (unpaired) electrons. The van der Waals surface area contributed by atoms with Gasteiger partial charge in [0.2, 0.25) is 5.91 Å². The lowest BCUT2D eigenvalue weighted by Gasteiger charge is -2.14. The monoisotopic (exact) mass is 413 g/mol. The lowest BCUT2D eigenvalue weighted by molar-refractivity contribution is -0.122. The Morgan fingerprint density at radius 2 is 1.81 bits per heavy atom. The van der Waals surface area contributed by atoms with Gasteiger partial charge in [-0.15, -0.1) is 24.8 Å². The minimum Gasteiger partial charge on any atom is -0.492 e. The largest absolute Gasteiger partial charge is 0.492 e. The van der Waals surface area contributed by atoms with Crippen LogP contribution in [-0.2, 0) is 11.3 Å². The van der Waals surface area contributed by atoms with Crippen LogP contribution in [0.2, 0.25) is 0 Å². The summed E-state index contributed by atoms with van der Waals surface area (Å²) < 4.78 is 5.71. The predicted molar refractivity (Wildman–Crippen MR) is 115 cm³/mol. The molecule has 0 aliphatic heterocycles. The molecule has 150 valence electrons. The first-order valence-electron chi connectivity index (χ1n) is 8.42. The number of ether oxygens (including phenoxy) is 1. The normalized spacial score (nSPS) is 11.1. The molecule has 0 saturated carbocycles. The van der Waals surface area contributed by atoms with E-state index < -0.39 is 6.04 Å². The Balaban J connectivity index is 0.00000338. The Bertz CT molecular complexity index is 694. The summed E-state index contributed by atoms with van der Waals surface area (Å²) in [6, 6.07) is 14.8. The van der Waals surface area contributed by atoms with E-state index in [0.717, 1.165) is 29.0 Å². The highest BCUT2D eigenvalue weighted by atomic mass is 35.5. The quantitative estimate of drug-likeness (QED) is 0.697. The van der Waals surface area contributed by atoms with Gasteiger partial charge in [-0.1, -0.05) is 42.0 Å². The van der Waals surface area contributed by atoms with Crippen molar-refractivity contribution in [1.29, 1.82) is 0 Å². The number of rotatable bonds is 8. The lowest BCUT2D eigenvalue weighted by atomic mass is 10.1. The van der Waals surface area contributed by atoms with Crippen LogP contribution in [0.4, 0.5) is 0 Å². The molecule has 2 aromatic carbocycles. The van der Waals surface area contributed by atoms with Crippen LogP contribution in [-0.4, -0.2) is 38.1 Å². The molecule has 0 heterocycles. The molecule has 1 unspecified atom stereocenters. The second-order valence-corrected chi connectivity index (χ2v) is 6.41. The van der Waals surface area contributed by atoms with Crippen molar-refractivity contribution in [3.05, 3.63) is 65.2 Å². The fraction of sp³-hybridized carbons (Fsp3) is 0.350. The maximum atomic E-state index is 12.3. The van der Waals surface area contributed by atoms with Crippen LogP contribution in [0.1, 0.15) is 22.7 Å². The second kappa shape index (κ2) is 12.6. The molecule has 0 aromatic heterocycles. The first-order valence-corrected chi connectivity index (χ1v) is 8.42. The SMILES string of the molecule is Cc1ccc(C(N)C(=O)NCc2cccc(OCCN(C)C)c2)cc1.Cl.Cl. The van der Waals surface area contributed by atoms with Crippen molar-refractivity contribution < 1.29 is 9.53 Å². The van der Waals surface area contributed by atoms with Crippen molar-refractivity contribution in [2.45, 2.75) is 19.5 Å². The predicted octanol–water partition coefficient (Wildman–Crippen LogP) is 3.10. The van der Waals surface area contributed by atoms with E-state index in [1.165, 1.54) is 0 Å². The van der Waals surface area contributed by atoms with Crippen molar-refractivity contribution in [1.82, 2.24) is 10.2 Å². The number of nitrogens with zero attached hydrogens (tertiary/aromatic N) is 1. The Morgan fingerprint density at radius 1 is 1.15 bits per heavy atom. The molecule has 7 heteroatoms. The molecule has 0 fully saturated rings. The molecule has 2 aromatic rings. The van der Waals surface area contributed by atoms with Crippen molar-refractivity contribution in [3.8, 4) is 5.75 Å². The maximum absolute atomic E-state index is 12.3. The summed E-state index contributed by atoms with van der Waals surface area (Å²) >= 11 is 0. The summed E-state index contributed by atoms with van der Waals surface area (Å²) in [7, 11) is 4.01. The van der Waals surface area contributed by atoms with Crippen LogP contribution in [0, 0.1) is 6.92 Å². The fourth-order valence-corrected chi connectivity index (χ4v) is 2.32. The van der Waals surface area contributed by atoms with Crippen molar-refractivity contribution in [2.24, 2.45) is 5.73 Å². The van der Waals surface area contributed by atoms with Crippen molar-refractivity contribution in [3.63, 3.8) is 0 Å². The summed E-state index contributed by atoms with van der Waals surface area (Å²) in [6.07, 6.45) is 0. The molecule has 5 nitrogen and oxygen atoms in total. The van der Waals surface area contributed by atoms with E-state index in [9.17, 15) is 4.79 Å². The summed E-state index contributed by atoms with van der Waals surface area (Å²) in [5, 5.41) is 2.89. The van der Waals surface area contributed by atoms with Gasteiger partial charge in [-0.25, -0.2) is 0 Å². The van der Waals surface area contributed by atoms with Gasteiger partial charge in [-0.05, 0) is 44.3 Å². The third-order valence-corrected chi connectivity index (χ3v) is 3.89. The van der Waals surface area contributed by atoms with Crippen LogP contribution in [0.25, 0.3) is 0 Å². The Morgan fingerprint density at radius 3 is 2.44 bits per heavy atom. The number of hydrogen-bond acceptors (Lipinski definition) is 4. The number of nitrogens with one attached hydrogen (secondary N) is 1. The molecule has 0 saturated heterocycles. The third kappa shape index (κ3) is 8.63. The van der Waals surface area contributed by atoms with E-state index in [4.69, 9.17) is 10.5 Å². The van der Waals surface area contributed by atoms with Crippen molar-refractivity contribution >= 4 is 30.7 Å². The molecular formula is C20H29Cl2N3O2. The van der Waals surface area contributed by atoms with Gasteiger partial charge in [-0.2, -0.15) is 0 Å². The van der Waals surface area contributed by atoms with Crippen LogP contribution >= 0.6 is 24.8 Å². The first-order chi connectivity index (χ1) is 12.0. The molecule has 27 heavy (non-hydrogen) atoms. The fourth-order valence-electron chi connectivity index (χ4n) is 2.32. The van der Waals surface area contributed by atoms with Gasteiger partial charge >= 0.3 is 0 Å². The molecular weight excluding hydrogens is 385 g/mol. The standard InChI is InChI=1S/C20H27N3O2.2ClH/c1-15-7-9-17(10-8-15)19(21)20(24)22-14-16-5-4-6-18(13-16)25-12-11-23(2)3;;/h4-10,13,19H,11-12,14,21H2,1-3H3,(H,22,24);2*1H. The minimum atomic E-state index is -0.667. The third-order valence-electron chi connectivity index (χ3n) is 3.89. The van der Waals surface area contributed by atoms with E-state index in [-0.39, 0.29) is 30.7 Å². The summed E-state index contributed by atoms with van der Waals surface area (Å²) in [4.78, 5) is 14.3. The van der Waals surface area contributed by atoms with Gasteiger partial charge in [0.05, 0.1) is 0 Å². The molecule has 0 spiro atoms. The van der Waals surface area contributed by atoms with E-state index in [0.29, 0.717) is 13.2 Å². The van der Waals surface area contributed by atoms with Gasteiger partial charge < -0.3 is 20.7 Å². The van der Waals surface area contributed by atoms with Crippen molar-refractivity contribution in [2.75, 3.05) is 27.2 Å². The molecule has 0 aliphatic carbocycles. The molecule has 1 amide bonds. The Hall–Kier alpha value is -1.79. The van der Waals surface area contributed by atoms with E-state index in [1.807, 2.05) is 69.6 Å². The number of amides is 1. The van der Waals surface area contributed by atoms with E-state index >= 15 is 0 Å². The van der Waals surface area contributed by atoms with Crippen LogP contribution in [0.3, 0.4) is 0 Å². The number of benzene rings is 2. The molecule has 3 N–H and O–H groups in total. The Labute approximate surface area is 174 Å². The average Bonchev–Trinajstić information content (AvgIpc) is 2.60. The van der Waals surface area contributed by atoms with Crippen LogP contribution < -0.4 is 15.8 Å². The highest BCUT2D eigenvalue weighted by Gasteiger charge is 2.15. The average molecular weight is 414 g/mol. The number of hydrogen-bond donors (Lipinski definition) is 2. The smallest absolute Gasteiger partial charge is 0.241 e. The number of nitrogens with two attached hydrogens (primary N) is 1. The topological polar surface area (TPSA) is 67.6 Å². The molecule has 1 atom stereocenters. The second-order valence-electron chi connectivity index (χ2n) is 6.41. The zero-order chi connectivity index (χ0) is 18.2. The van der Waals surface area contributed by atoms with Gasteiger partial charge in [0, 0.05) is 13.1 Å². The highest BCUT2D eigenvalue weighted by Crippen LogP contribution is 2.15. The number of carbonyl (C=O) groups excluding carboxylic acids is 1. The van der Waals surface area contributed by atoms with Gasteiger partial charge in [0.15, 0.2) is 0 Å². The van der Waals surface area contributed by atoms with E-state index in [1.54, 1.807) is 0 Å². The zero-order valence-corrected chi connectivity index (χ0v) is 17.6.